The Morgan fingerprint density at radius 3 is 1.85 bits per heavy atom. The van der Waals surface area contributed by atoms with E-state index in [1.165, 1.54) is 21.9 Å². The van der Waals surface area contributed by atoms with Gasteiger partial charge in [-0.1, -0.05) is 158 Å². The van der Waals surface area contributed by atoms with Gasteiger partial charge in [-0.3, -0.25) is 4.99 Å². The first kappa shape index (κ1) is 26.9. The second-order valence-corrected chi connectivity index (χ2v) is 12.9. The predicted octanol–water partition coefficient (Wildman–Crippen LogP) is 10.8. The molecule has 7 aromatic rings. The fourth-order valence-corrected chi connectivity index (χ4v) is 8.05. The first-order chi connectivity index (χ1) is 22.8. The van der Waals surface area contributed by atoms with E-state index in [0.717, 1.165) is 50.4 Å². The van der Waals surface area contributed by atoms with Crippen molar-refractivity contribution in [2.45, 2.75) is 10.6 Å². The zero-order valence-corrected chi connectivity index (χ0v) is 25.8. The third-order valence-electron chi connectivity index (χ3n) is 8.92. The van der Waals surface area contributed by atoms with Crippen molar-refractivity contribution in [2.24, 2.45) is 4.99 Å². The maximum Gasteiger partial charge on any atom is 0.122 e. The summed E-state index contributed by atoms with van der Waals surface area (Å²) in [6.45, 7) is 0. The Bertz CT molecular complexity index is 2320. The molecule has 1 aliphatic heterocycles. The summed E-state index contributed by atoms with van der Waals surface area (Å²) in [7, 11) is 0. The molecule has 1 aliphatic carbocycles. The smallest absolute Gasteiger partial charge is 0.122 e. The maximum absolute atomic E-state index is 5.48. The van der Waals surface area contributed by atoms with E-state index >= 15 is 0 Å². The molecule has 0 N–H and O–H groups in total. The molecule has 5 aromatic carbocycles. The van der Waals surface area contributed by atoms with Gasteiger partial charge in [-0.2, -0.15) is 5.10 Å². The molecule has 0 spiro atoms. The van der Waals surface area contributed by atoms with Crippen LogP contribution in [0.25, 0.3) is 61.1 Å². The highest BCUT2D eigenvalue weighted by molar-refractivity contribution is 8.01. The van der Waals surface area contributed by atoms with E-state index in [9.17, 15) is 0 Å². The van der Waals surface area contributed by atoms with Crippen LogP contribution in [0.15, 0.2) is 169 Å². The van der Waals surface area contributed by atoms with Crippen molar-refractivity contribution >= 4 is 33.8 Å². The minimum atomic E-state index is 0.0993. The van der Waals surface area contributed by atoms with Crippen molar-refractivity contribution in [3.8, 4) is 44.8 Å². The molecular weight excluding hydrogens is 579 g/mol. The first-order valence-corrected chi connectivity index (χ1v) is 16.6. The van der Waals surface area contributed by atoms with Crippen molar-refractivity contribution in [1.82, 2.24) is 9.61 Å². The van der Waals surface area contributed by atoms with Gasteiger partial charge >= 0.3 is 0 Å². The third kappa shape index (κ3) is 4.45. The first-order valence-electron chi connectivity index (χ1n) is 15.7. The minimum absolute atomic E-state index is 0.0993. The topological polar surface area (TPSA) is 29.7 Å². The Morgan fingerprint density at radius 1 is 0.543 bits per heavy atom. The predicted molar refractivity (Wildman–Crippen MR) is 194 cm³/mol. The lowest BCUT2D eigenvalue weighted by atomic mass is 9.91. The normalized spacial score (nSPS) is 17.0. The molecule has 0 bridgehead atoms. The monoisotopic (exact) mass is 607 g/mol. The molecule has 2 aromatic heterocycles. The zero-order chi connectivity index (χ0) is 30.5. The number of rotatable bonds is 5. The highest BCUT2D eigenvalue weighted by atomic mass is 32.2. The van der Waals surface area contributed by atoms with Crippen LogP contribution in [0.4, 0.5) is 0 Å². The lowest BCUT2D eigenvalue weighted by molar-refractivity contribution is 0.980. The summed E-state index contributed by atoms with van der Waals surface area (Å²) < 4.78 is 2.20. The van der Waals surface area contributed by atoms with Crippen LogP contribution in [0.1, 0.15) is 10.9 Å². The number of hydrogen-bond acceptors (Lipinski definition) is 3. The summed E-state index contributed by atoms with van der Waals surface area (Å²) in [5.74, 6) is 0. The number of fused-ring (bicyclic) bond motifs is 4. The van der Waals surface area contributed by atoms with Crippen LogP contribution in [0, 0.1) is 0 Å². The number of aliphatic imine (C=N–C) groups is 1. The quantitative estimate of drug-likeness (QED) is 0.195. The summed E-state index contributed by atoms with van der Waals surface area (Å²) in [5.41, 5.74) is 12.4. The van der Waals surface area contributed by atoms with E-state index in [-0.39, 0.29) is 5.37 Å². The zero-order valence-electron chi connectivity index (χ0n) is 25.0. The molecule has 0 saturated carbocycles. The van der Waals surface area contributed by atoms with Crippen molar-refractivity contribution in [3.05, 3.63) is 169 Å². The summed E-state index contributed by atoms with van der Waals surface area (Å²) in [4.78, 5) is 5.04. The number of benzene rings is 5. The fraction of sp³-hybridized carbons (Fsp3) is 0.0476. The molecule has 0 fully saturated rings. The standard InChI is InChI=1S/C42H29N3S/c1-4-14-28(15-5-1)38-39(30-16-6-2-7-17-30)44-45-40(31-18-8-3-9-19-31)37(33-20-10-11-21-34(33)41(38)45)29-24-26-32(27-25-29)42-43-35-22-12-13-23-36(35)46-42/h1-27,36,42H. The van der Waals surface area contributed by atoms with Gasteiger partial charge in [0, 0.05) is 27.6 Å². The molecule has 3 heterocycles. The number of allylic oxidation sites excluding steroid dienone is 3. The summed E-state index contributed by atoms with van der Waals surface area (Å²) in [5, 5.41) is 8.29. The fourth-order valence-electron chi connectivity index (χ4n) is 6.82. The van der Waals surface area contributed by atoms with E-state index in [2.05, 4.69) is 168 Å². The van der Waals surface area contributed by atoms with Crippen LogP contribution in [0.5, 0.6) is 0 Å². The lowest BCUT2D eigenvalue weighted by Gasteiger charge is -2.18. The van der Waals surface area contributed by atoms with Crippen LogP contribution in [-0.2, 0) is 0 Å². The number of thioether (sulfide) groups is 1. The lowest BCUT2D eigenvalue weighted by Crippen LogP contribution is -2.08. The SMILES string of the molecule is C1=CC2=NC(c3ccc(-c4c(-c5ccccc5)n5nc(-c6ccccc6)c(-c6ccccc6)c5c5ccccc45)cc3)SC2C=C1. The minimum Gasteiger partial charge on any atom is -0.269 e. The summed E-state index contributed by atoms with van der Waals surface area (Å²) in [6.07, 6.45) is 8.57. The van der Waals surface area contributed by atoms with Gasteiger partial charge in [0.25, 0.3) is 0 Å². The Balaban J connectivity index is 1.33. The van der Waals surface area contributed by atoms with E-state index in [1.807, 2.05) is 11.8 Å². The Kier molecular flexibility index (Phi) is 6.53. The van der Waals surface area contributed by atoms with Crippen molar-refractivity contribution < 1.29 is 0 Å². The van der Waals surface area contributed by atoms with Crippen LogP contribution < -0.4 is 0 Å². The van der Waals surface area contributed by atoms with Gasteiger partial charge in [-0.25, -0.2) is 4.52 Å². The number of pyridine rings is 1. The highest BCUT2D eigenvalue weighted by Gasteiger charge is 2.28. The van der Waals surface area contributed by atoms with Gasteiger partial charge in [-0.15, -0.1) is 11.8 Å². The Labute approximate surface area is 272 Å². The molecule has 4 heteroatoms. The van der Waals surface area contributed by atoms with Crippen LogP contribution in [0.2, 0.25) is 0 Å². The molecule has 2 unspecified atom stereocenters. The molecule has 2 aliphatic rings. The van der Waals surface area contributed by atoms with Crippen molar-refractivity contribution in [2.75, 3.05) is 0 Å². The van der Waals surface area contributed by atoms with Gasteiger partial charge < -0.3 is 0 Å². The van der Waals surface area contributed by atoms with E-state index < -0.39 is 0 Å². The van der Waals surface area contributed by atoms with Crippen LogP contribution in [0.3, 0.4) is 0 Å². The van der Waals surface area contributed by atoms with Crippen LogP contribution in [-0.4, -0.2) is 20.6 Å². The van der Waals surface area contributed by atoms with Gasteiger partial charge in [0.2, 0.25) is 0 Å². The molecule has 0 amide bonds. The molecular formula is C42H29N3S. The molecule has 46 heavy (non-hydrogen) atoms. The van der Waals surface area contributed by atoms with Gasteiger partial charge in [-0.05, 0) is 28.2 Å². The van der Waals surface area contributed by atoms with Gasteiger partial charge in [0.05, 0.1) is 22.2 Å². The number of aromatic nitrogens is 2. The third-order valence-corrected chi connectivity index (χ3v) is 10.3. The summed E-state index contributed by atoms with van der Waals surface area (Å²) in [6, 6.07) is 49.8. The second-order valence-electron chi connectivity index (χ2n) is 11.7. The van der Waals surface area contributed by atoms with E-state index in [1.54, 1.807) is 0 Å². The van der Waals surface area contributed by atoms with Crippen molar-refractivity contribution in [1.29, 1.82) is 0 Å². The van der Waals surface area contributed by atoms with Gasteiger partial charge in [0.15, 0.2) is 0 Å². The Morgan fingerprint density at radius 2 is 1.15 bits per heavy atom. The molecule has 0 radical (unpaired) electrons. The maximum atomic E-state index is 5.48. The van der Waals surface area contributed by atoms with Crippen LogP contribution >= 0.6 is 11.8 Å². The second kappa shape index (κ2) is 11.2. The largest absolute Gasteiger partial charge is 0.269 e. The van der Waals surface area contributed by atoms with Crippen molar-refractivity contribution in [3.63, 3.8) is 0 Å². The average molecular weight is 608 g/mol. The van der Waals surface area contributed by atoms with Gasteiger partial charge in [0.1, 0.15) is 11.1 Å². The molecule has 9 rings (SSSR count). The Hall–Kier alpha value is -5.45. The average Bonchev–Trinajstić information content (AvgIpc) is 3.75. The highest BCUT2D eigenvalue weighted by Crippen LogP contribution is 2.47. The number of nitrogens with zero attached hydrogens (tertiary/aromatic N) is 3. The molecule has 3 nitrogen and oxygen atoms in total. The van der Waals surface area contributed by atoms with E-state index in [0.29, 0.717) is 5.25 Å². The summed E-state index contributed by atoms with van der Waals surface area (Å²) >= 11 is 1.90. The van der Waals surface area contributed by atoms with E-state index in [4.69, 9.17) is 10.1 Å². The molecule has 2 atom stereocenters. The molecule has 218 valence electrons. The molecule has 0 saturated heterocycles. The number of hydrogen-bond donors (Lipinski definition) is 0.